The highest BCUT2D eigenvalue weighted by atomic mass is 16.5. The number of aliphatic carboxylic acids is 1. The molecule has 2 aliphatic heterocycles. The van der Waals surface area contributed by atoms with Crippen molar-refractivity contribution in [3.8, 4) is 11.5 Å². The van der Waals surface area contributed by atoms with Crippen molar-refractivity contribution >= 4 is 23.5 Å². The van der Waals surface area contributed by atoms with Gasteiger partial charge in [-0.1, -0.05) is 63.2 Å². The lowest BCUT2D eigenvalue weighted by atomic mass is 9.76. The van der Waals surface area contributed by atoms with Crippen LogP contribution in [0.25, 0.3) is 0 Å². The fourth-order valence-electron chi connectivity index (χ4n) is 6.37. The molecule has 8 heteroatoms. The SMILES string of the molecule is CCCOc1ccc(C2NC(Cc3ccc(O)cc3)(C(=O)O)C3C(=O)N(c4c(CC)cccc4CC)C(=O)C23)cc1. The van der Waals surface area contributed by atoms with E-state index in [-0.39, 0.29) is 12.2 Å². The number of nitrogens with one attached hydrogen (secondary N) is 1. The number of carbonyl (C=O) groups excluding carboxylic acids is 2. The number of rotatable bonds is 10. The third-order valence-corrected chi connectivity index (χ3v) is 8.36. The van der Waals surface area contributed by atoms with Gasteiger partial charge in [-0.2, -0.15) is 0 Å². The fraction of sp³-hybridized carbons (Fsp3) is 0.364. The normalized spacial score (nSPS) is 23.6. The van der Waals surface area contributed by atoms with Crippen molar-refractivity contribution in [2.75, 3.05) is 11.5 Å². The number of benzene rings is 3. The van der Waals surface area contributed by atoms with Crippen LogP contribution in [0.2, 0.25) is 0 Å². The molecule has 4 atom stereocenters. The van der Waals surface area contributed by atoms with E-state index in [1.54, 1.807) is 12.1 Å². The first-order valence-corrected chi connectivity index (χ1v) is 14.3. The lowest BCUT2D eigenvalue weighted by Gasteiger charge is -2.32. The Hall–Kier alpha value is -4.17. The lowest BCUT2D eigenvalue weighted by molar-refractivity contribution is -0.148. The largest absolute Gasteiger partial charge is 0.508 e. The molecule has 0 spiro atoms. The van der Waals surface area contributed by atoms with Crippen molar-refractivity contribution in [1.29, 1.82) is 0 Å². The number of phenolic OH excluding ortho intramolecular Hbond substituents is 1. The van der Waals surface area contributed by atoms with Crippen molar-refractivity contribution in [1.82, 2.24) is 5.32 Å². The van der Waals surface area contributed by atoms with E-state index in [0.29, 0.717) is 42.0 Å². The molecule has 0 radical (unpaired) electrons. The summed E-state index contributed by atoms with van der Waals surface area (Å²) in [6, 6.07) is 18.6. The Bertz CT molecular complexity index is 1430. The van der Waals surface area contributed by atoms with Crippen molar-refractivity contribution in [2.45, 2.75) is 58.0 Å². The summed E-state index contributed by atoms with van der Waals surface area (Å²) >= 11 is 0. The van der Waals surface area contributed by atoms with E-state index in [1.165, 1.54) is 17.0 Å². The number of phenols is 1. The minimum atomic E-state index is -1.75. The van der Waals surface area contributed by atoms with Crippen LogP contribution in [0.15, 0.2) is 66.7 Å². The van der Waals surface area contributed by atoms with Crippen LogP contribution >= 0.6 is 0 Å². The maximum atomic E-state index is 14.4. The number of para-hydroxylation sites is 1. The maximum Gasteiger partial charge on any atom is 0.325 e. The number of fused-ring (bicyclic) bond motifs is 1. The Labute approximate surface area is 240 Å². The second kappa shape index (κ2) is 11.4. The van der Waals surface area contributed by atoms with E-state index in [4.69, 9.17) is 4.74 Å². The zero-order valence-corrected chi connectivity index (χ0v) is 23.6. The first kappa shape index (κ1) is 28.4. The first-order chi connectivity index (χ1) is 19.7. The number of hydrogen-bond acceptors (Lipinski definition) is 6. The minimum absolute atomic E-state index is 0.0408. The molecule has 2 amide bonds. The van der Waals surface area contributed by atoms with Gasteiger partial charge in [-0.3, -0.25) is 19.7 Å². The minimum Gasteiger partial charge on any atom is -0.508 e. The van der Waals surface area contributed by atoms with Gasteiger partial charge in [0.15, 0.2) is 0 Å². The predicted molar refractivity (Wildman–Crippen MR) is 155 cm³/mol. The summed E-state index contributed by atoms with van der Waals surface area (Å²) in [5.74, 6) is -3.43. The average molecular weight is 557 g/mol. The molecule has 0 bridgehead atoms. The van der Waals surface area contributed by atoms with Gasteiger partial charge in [0, 0.05) is 12.5 Å². The monoisotopic (exact) mass is 556 g/mol. The number of anilines is 1. The molecule has 3 N–H and O–H groups in total. The van der Waals surface area contributed by atoms with Crippen LogP contribution in [0.1, 0.15) is 55.5 Å². The number of aryl methyl sites for hydroxylation is 2. The molecule has 4 unspecified atom stereocenters. The van der Waals surface area contributed by atoms with Crippen LogP contribution in [0.5, 0.6) is 11.5 Å². The summed E-state index contributed by atoms with van der Waals surface area (Å²) < 4.78 is 5.73. The van der Waals surface area contributed by atoms with Gasteiger partial charge in [0.25, 0.3) is 0 Å². The van der Waals surface area contributed by atoms with Crippen LogP contribution in [-0.4, -0.2) is 40.1 Å². The van der Waals surface area contributed by atoms with Gasteiger partial charge < -0.3 is 14.9 Å². The van der Waals surface area contributed by atoms with E-state index >= 15 is 0 Å². The molecule has 2 fully saturated rings. The van der Waals surface area contributed by atoms with Crippen molar-refractivity contribution in [2.24, 2.45) is 11.8 Å². The summed E-state index contributed by atoms with van der Waals surface area (Å²) in [5.41, 5.74) is 1.90. The number of ether oxygens (including phenoxy) is 1. The molecule has 2 aliphatic rings. The first-order valence-electron chi connectivity index (χ1n) is 14.3. The molecule has 0 saturated carbocycles. The lowest BCUT2D eigenvalue weighted by Crippen LogP contribution is -2.57. The van der Waals surface area contributed by atoms with Crippen LogP contribution in [0.4, 0.5) is 5.69 Å². The molecule has 3 aromatic rings. The van der Waals surface area contributed by atoms with Gasteiger partial charge in [-0.15, -0.1) is 0 Å². The molecule has 2 saturated heterocycles. The summed E-state index contributed by atoms with van der Waals surface area (Å²) in [6.45, 7) is 6.54. The van der Waals surface area contributed by atoms with Gasteiger partial charge >= 0.3 is 5.97 Å². The Morgan fingerprint density at radius 2 is 1.56 bits per heavy atom. The third kappa shape index (κ3) is 4.86. The maximum absolute atomic E-state index is 14.4. The zero-order valence-electron chi connectivity index (χ0n) is 23.6. The quantitative estimate of drug-likeness (QED) is 0.307. The number of carbonyl (C=O) groups is 3. The van der Waals surface area contributed by atoms with Crippen LogP contribution in [0, 0.1) is 11.8 Å². The molecular weight excluding hydrogens is 520 g/mol. The van der Waals surface area contributed by atoms with Crippen LogP contribution < -0.4 is 15.0 Å². The summed E-state index contributed by atoms with van der Waals surface area (Å²) in [7, 11) is 0. The zero-order chi connectivity index (χ0) is 29.3. The van der Waals surface area contributed by atoms with Crippen LogP contribution in [-0.2, 0) is 33.6 Å². The number of nitrogens with zero attached hydrogens (tertiary/aromatic N) is 1. The Balaban J connectivity index is 1.65. The second-order valence-corrected chi connectivity index (χ2v) is 10.8. The number of aromatic hydroxyl groups is 1. The van der Waals surface area contributed by atoms with Crippen molar-refractivity contribution < 1.29 is 29.3 Å². The molecule has 0 aliphatic carbocycles. The molecular formula is C33H36N2O6. The Morgan fingerprint density at radius 1 is 0.927 bits per heavy atom. The number of carboxylic acid groups (broad SMARTS) is 1. The number of hydrogen-bond donors (Lipinski definition) is 3. The third-order valence-electron chi connectivity index (χ3n) is 8.36. The van der Waals surface area contributed by atoms with Gasteiger partial charge in [0.2, 0.25) is 11.8 Å². The number of imide groups is 1. The van der Waals surface area contributed by atoms with Crippen molar-refractivity contribution in [3.05, 3.63) is 89.0 Å². The molecule has 214 valence electrons. The van der Waals surface area contributed by atoms with Gasteiger partial charge in [-0.05, 0) is 65.8 Å². The van der Waals surface area contributed by atoms with E-state index in [1.807, 2.05) is 63.2 Å². The van der Waals surface area contributed by atoms with Gasteiger partial charge in [-0.25, -0.2) is 4.90 Å². The summed E-state index contributed by atoms with van der Waals surface area (Å²) in [4.78, 5) is 43.2. The second-order valence-electron chi connectivity index (χ2n) is 10.8. The van der Waals surface area contributed by atoms with Gasteiger partial charge in [0.1, 0.15) is 17.0 Å². The van der Waals surface area contributed by atoms with Crippen molar-refractivity contribution in [3.63, 3.8) is 0 Å². The highest BCUT2D eigenvalue weighted by Gasteiger charge is 2.68. The van der Waals surface area contributed by atoms with E-state index in [0.717, 1.165) is 17.5 Å². The molecule has 2 heterocycles. The Morgan fingerprint density at radius 3 is 2.12 bits per heavy atom. The molecule has 8 nitrogen and oxygen atoms in total. The predicted octanol–water partition coefficient (Wildman–Crippen LogP) is 4.82. The summed E-state index contributed by atoms with van der Waals surface area (Å²) in [5, 5.41) is 23.8. The molecule has 3 aromatic carbocycles. The van der Waals surface area contributed by atoms with E-state index in [9.17, 15) is 24.6 Å². The van der Waals surface area contributed by atoms with Crippen LogP contribution in [0.3, 0.4) is 0 Å². The van der Waals surface area contributed by atoms with Gasteiger partial charge in [0.05, 0.1) is 24.1 Å². The molecule has 0 aromatic heterocycles. The number of amides is 2. The number of carboxylic acids is 1. The average Bonchev–Trinajstić information content (AvgIpc) is 3.46. The Kier molecular flexibility index (Phi) is 7.87. The highest BCUT2D eigenvalue weighted by molar-refractivity contribution is 6.25. The topological polar surface area (TPSA) is 116 Å². The van der Waals surface area contributed by atoms with E-state index in [2.05, 4.69) is 5.32 Å². The van der Waals surface area contributed by atoms with E-state index < -0.39 is 41.2 Å². The highest BCUT2D eigenvalue weighted by Crippen LogP contribution is 2.52. The smallest absolute Gasteiger partial charge is 0.325 e. The fourth-order valence-corrected chi connectivity index (χ4v) is 6.37. The standard InChI is InChI=1S/C33H36N2O6/c1-4-18-41-25-16-12-23(13-17-25)28-26-27(33(34-28,32(39)40)19-20-10-14-24(36)15-11-20)31(38)35(30(26)37)29-21(5-2)8-7-9-22(29)6-3/h7-17,26-28,34,36H,4-6,18-19H2,1-3H3,(H,39,40). The molecule has 41 heavy (non-hydrogen) atoms. The summed E-state index contributed by atoms with van der Waals surface area (Å²) in [6.07, 6.45) is 2.06. The molecule has 5 rings (SSSR count).